The minimum atomic E-state index is -0.476. The van der Waals surface area contributed by atoms with Gasteiger partial charge >= 0.3 is 0 Å². The first-order chi connectivity index (χ1) is 8.58. The fourth-order valence-electron chi connectivity index (χ4n) is 1.52. The van der Waals surface area contributed by atoms with Crippen LogP contribution < -0.4 is 15.4 Å². The quantitative estimate of drug-likeness (QED) is 0.846. The Bertz CT molecular complexity index is 416. The Morgan fingerprint density at radius 1 is 1.47 bits per heavy atom. The highest BCUT2D eigenvalue weighted by Crippen LogP contribution is 2.21. The number of hydrogen-bond acceptors (Lipinski definition) is 3. The van der Waals surface area contributed by atoms with Gasteiger partial charge in [-0.2, -0.15) is 0 Å². The predicted molar refractivity (Wildman–Crippen MR) is 76.5 cm³/mol. The molecule has 0 aliphatic heterocycles. The molecule has 0 aliphatic carbocycles. The van der Waals surface area contributed by atoms with Gasteiger partial charge in [0.25, 0.3) is 0 Å². The van der Waals surface area contributed by atoms with Crippen LogP contribution in [0.3, 0.4) is 0 Å². The number of amides is 1. The molecule has 1 aromatic carbocycles. The molecule has 108 valence electrons. The fourth-order valence-corrected chi connectivity index (χ4v) is 1.52. The topological polar surface area (TPSA) is 50.4 Å². The van der Waals surface area contributed by atoms with Gasteiger partial charge in [-0.25, -0.2) is 4.39 Å². The van der Waals surface area contributed by atoms with Gasteiger partial charge in [0.2, 0.25) is 5.91 Å². The lowest BCUT2D eigenvalue weighted by molar-refractivity contribution is -0.119. The SMILES string of the molecule is CCOc1ccc(NC(=O)C(C)CNC)cc1F.Cl. The van der Waals surface area contributed by atoms with Crippen molar-refractivity contribution >= 4 is 24.0 Å². The third kappa shape index (κ3) is 5.44. The van der Waals surface area contributed by atoms with Gasteiger partial charge in [0.05, 0.1) is 6.61 Å². The van der Waals surface area contributed by atoms with Crippen molar-refractivity contribution in [2.75, 3.05) is 25.5 Å². The van der Waals surface area contributed by atoms with Crippen LogP contribution in [0, 0.1) is 11.7 Å². The van der Waals surface area contributed by atoms with E-state index in [0.29, 0.717) is 18.8 Å². The highest BCUT2D eigenvalue weighted by atomic mass is 35.5. The minimum Gasteiger partial charge on any atom is -0.491 e. The highest BCUT2D eigenvalue weighted by molar-refractivity contribution is 5.92. The van der Waals surface area contributed by atoms with Crippen LogP contribution in [-0.4, -0.2) is 26.1 Å². The van der Waals surface area contributed by atoms with Crippen LogP contribution in [-0.2, 0) is 4.79 Å². The third-order valence-corrected chi connectivity index (χ3v) is 2.46. The predicted octanol–water partition coefficient (Wildman–Crippen LogP) is 2.44. The Balaban J connectivity index is 0.00000324. The molecule has 0 heterocycles. The first-order valence-electron chi connectivity index (χ1n) is 5.96. The fraction of sp³-hybridized carbons (Fsp3) is 0.462. The molecule has 1 aromatic rings. The van der Waals surface area contributed by atoms with Crippen molar-refractivity contribution in [3.05, 3.63) is 24.0 Å². The summed E-state index contributed by atoms with van der Waals surface area (Å²) in [4.78, 5) is 11.7. The molecule has 1 unspecified atom stereocenters. The molecule has 0 aromatic heterocycles. The van der Waals surface area contributed by atoms with Crippen LogP contribution in [0.1, 0.15) is 13.8 Å². The molecule has 0 bridgehead atoms. The maximum absolute atomic E-state index is 13.5. The van der Waals surface area contributed by atoms with Crippen molar-refractivity contribution in [2.24, 2.45) is 5.92 Å². The number of anilines is 1. The second kappa shape index (κ2) is 8.72. The average Bonchev–Trinajstić information content (AvgIpc) is 2.33. The zero-order valence-electron chi connectivity index (χ0n) is 11.3. The largest absolute Gasteiger partial charge is 0.491 e. The summed E-state index contributed by atoms with van der Waals surface area (Å²) in [6.07, 6.45) is 0. The molecule has 19 heavy (non-hydrogen) atoms. The number of carbonyl (C=O) groups is 1. The molecular formula is C13H20ClFN2O2. The van der Waals surface area contributed by atoms with Crippen LogP contribution in [0.5, 0.6) is 5.75 Å². The normalized spacial score (nSPS) is 11.4. The van der Waals surface area contributed by atoms with E-state index in [1.54, 1.807) is 27.0 Å². The maximum atomic E-state index is 13.5. The zero-order valence-corrected chi connectivity index (χ0v) is 12.1. The van der Waals surface area contributed by atoms with Gasteiger partial charge in [0.1, 0.15) is 0 Å². The summed E-state index contributed by atoms with van der Waals surface area (Å²) in [5.74, 6) is -0.604. The molecule has 4 nitrogen and oxygen atoms in total. The van der Waals surface area contributed by atoms with E-state index in [1.165, 1.54) is 12.1 Å². The maximum Gasteiger partial charge on any atom is 0.228 e. The van der Waals surface area contributed by atoms with Gasteiger partial charge in [-0.05, 0) is 26.1 Å². The molecule has 0 fully saturated rings. The lowest BCUT2D eigenvalue weighted by atomic mass is 10.1. The van der Waals surface area contributed by atoms with Gasteiger partial charge in [0.15, 0.2) is 11.6 Å². The summed E-state index contributed by atoms with van der Waals surface area (Å²) < 4.78 is 18.6. The molecule has 1 rings (SSSR count). The van der Waals surface area contributed by atoms with Gasteiger partial charge < -0.3 is 15.4 Å². The standard InChI is InChI=1S/C13H19FN2O2.ClH/c1-4-18-12-6-5-10(7-11(12)14)16-13(17)9(2)8-15-3;/h5-7,9,15H,4,8H2,1-3H3,(H,16,17);1H. The van der Waals surface area contributed by atoms with Crippen LogP contribution in [0.2, 0.25) is 0 Å². The summed E-state index contributed by atoms with van der Waals surface area (Å²) in [5.41, 5.74) is 0.434. The summed E-state index contributed by atoms with van der Waals surface area (Å²) >= 11 is 0. The summed E-state index contributed by atoms with van der Waals surface area (Å²) in [7, 11) is 1.78. The van der Waals surface area contributed by atoms with Crippen molar-refractivity contribution in [1.82, 2.24) is 5.32 Å². The molecule has 2 N–H and O–H groups in total. The van der Waals surface area contributed by atoms with Crippen molar-refractivity contribution in [2.45, 2.75) is 13.8 Å². The van der Waals surface area contributed by atoms with E-state index in [2.05, 4.69) is 10.6 Å². The number of ether oxygens (including phenoxy) is 1. The molecule has 0 spiro atoms. The second-order valence-corrected chi connectivity index (χ2v) is 4.03. The Morgan fingerprint density at radius 2 is 2.16 bits per heavy atom. The van der Waals surface area contributed by atoms with Gasteiger partial charge in [-0.15, -0.1) is 12.4 Å². The van der Waals surface area contributed by atoms with Crippen LogP contribution in [0.15, 0.2) is 18.2 Å². The molecule has 0 aliphatic rings. The molecule has 1 atom stereocenters. The monoisotopic (exact) mass is 290 g/mol. The number of hydrogen-bond donors (Lipinski definition) is 2. The molecule has 0 saturated carbocycles. The first-order valence-corrected chi connectivity index (χ1v) is 5.96. The Kier molecular flexibility index (Phi) is 8.11. The van der Waals surface area contributed by atoms with E-state index in [9.17, 15) is 9.18 Å². The summed E-state index contributed by atoms with van der Waals surface area (Å²) in [5, 5.41) is 5.58. The van der Waals surface area contributed by atoms with E-state index < -0.39 is 5.82 Å². The molecular weight excluding hydrogens is 271 g/mol. The van der Waals surface area contributed by atoms with E-state index in [1.807, 2.05) is 0 Å². The summed E-state index contributed by atoms with van der Waals surface area (Å²) in [6, 6.07) is 4.39. The van der Waals surface area contributed by atoms with Crippen molar-refractivity contribution < 1.29 is 13.9 Å². The number of halogens is 2. The van der Waals surface area contributed by atoms with Crippen molar-refractivity contribution in [1.29, 1.82) is 0 Å². The lowest BCUT2D eigenvalue weighted by Crippen LogP contribution is -2.28. The van der Waals surface area contributed by atoms with Gasteiger partial charge in [-0.1, -0.05) is 6.92 Å². The van der Waals surface area contributed by atoms with E-state index >= 15 is 0 Å². The van der Waals surface area contributed by atoms with Gasteiger partial charge in [-0.3, -0.25) is 4.79 Å². The van der Waals surface area contributed by atoms with E-state index in [0.717, 1.165) is 0 Å². The first kappa shape index (κ1) is 17.7. The Hall–Kier alpha value is -1.33. The average molecular weight is 291 g/mol. The Labute approximate surface area is 119 Å². The molecule has 6 heteroatoms. The lowest BCUT2D eigenvalue weighted by Gasteiger charge is -2.12. The second-order valence-electron chi connectivity index (χ2n) is 4.03. The zero-order chi connectivity index (χ0) is 13.5. The van der Waals surface area contributed by atoms with E-state index in [4.69, 9.17) is 4.74 Å². The van der Waals surface area contributed by atoms with E-state index in [-0.39, 0.29) is 30.0 Å². The van der Waals surface area contributed by atoms with Crippen molar-refractivity contribution in [3.63, 3.8) is 0 Å². The minimum absolute atomic E-state index is 0. The number of nitrogens with one attached hydrogen (secondary N) is 2. The van der Waals surface area contributed by atoms with Crippen LogP contribution in [0.4, 0.5) is 10.1 Å². The van der Waals surface area contributed by atoms with Crippen molar-refractivity contribution in [3.8, 4) is 5.75 Å². The third-order valence-electron chi connectivity index (χ3n) is 2.46. The number of rotatable bonds is 6. The smallest absolute Gasteiger partial charge is 0.228 e. The number of benzene rings is 1. The summed E-state index contributed by atoms with van der Waals surface area (Å²) in [6.45, 7) is 4.57. The molecule has 1 amide bonds. The Morgan fingerprint density at radius 3 is 2.68 bits per heavy atom. The highest BCUT2D eigenvalue weighted by Gasteiger charge is 2.13. The molecule has 0 radical (unpaired) electrons. The van der Waals surface area contributed by atoms with Gasteiger partial charge in [0, 0.05) is 24.2 Å². The van der Waals surface area contributed by atoms with Crippen LogP contribution in [0.25, 0.3) is 0 Å². The van der Waals surface area contributed by atoms with Crippen LogP contribution >= 0.6 is 12.4 Å². The molecule has 0 saturated heterocycles. The number of carbonyl (C=O) groups excluding carboxylic acids is 1.